The van der Waals surface area contributed by atoms with E-state index in [4.69, 9.17) is 4.74 Å². The summed E-state index contributed by atoms with van der Waals surface area (Å²) in [7, 11) is 0. The number of hydrogen-bond donors (Lipinski definition) is 2. The van der Waals surface area contributed by atoms with E-state index >= 15 is 0 Å². The maximum atomic E-state index is 6.16. The van der Waals surface area contributed by atoms with Gasteiger partial charge >= 0.3 is 0 Å². The minimum absolute atomic E-state index is 0.181. The van der Waals surface area contributed by atoms with Crippen molar-refractivity contribution in [1.82, 2.24) is 10.6 Å². The first kappa shape index (κ1) is 12.8. The largest absolute Gasteiger partial charge is 0.373 e. The highest BCUT2D eigenvalue weighted by Gasteiger charge is 2.45. The predicted octanol–water partition coefficient (Wildman–Crippen LogP) is 2.04. The van der Waals surface area contributed by atoms with Gasteiger partial charge in [0, 0.05) is 18.0 Å². The van der Waals surface area contributed by atoms with Gasteiger partial charge in [0.1, 0.15) is 0 Å². The highest BCUT2D eigenvalue weighted by molar-refractivity contribution is 5.27. The average Bonchev–Trinajstić information content (AvgIpc) is 3.16. The van der Waals surface area contributed by atoms with E-state index in [0.717, 1.165) is 25.6 Å². The molecule has 2 saturated heterocycles. The zero-order chi connectivity index (χ0) is 13.4. The van der Waals surface area contributed by atoms with E-state index in [1.165, 1.54) is 31.2 Å². The van der Waals surface area contributed by atoms with Crippen molar-refractivity contribution in [2.75, 3.05) is 19.7 Å². The Morgan fingerprint density at radius 2 is 1.95 bits per heavy atom. The molecule has 0 bridgehead atoms. The first-order chi connectivity index (χ1) is 9.85. The predicted molar refractivity (Wildman–Crippen MR) is 79.9 cm³/mol. The summed E-state index contributed by atoms with van der Waals surface area (Å²) in [4.78, 5) is 0. The van der Waals surface area contributed by atoms with Gasteiger partial charge in [-0.3, -0.25) is 0 Å². The molecule has 0 amide bonds. The lowest BCUT2D eigenvalue weighted by Gasteiger charge is -2.32. The van der Waals surface area contributed by atoms with E-state index in [2.05, 4.69) is 41.0 Å². The summed E-state index contributed by atoms with van der Waals surface area (Å²) in [6.07, 6.45) is 4.84. The maximum absolute atomic E-state index is 6.16. The zero-order valence-electron chi connectivity index (χ0n) is 12.0. The van der Waals surface area contributed by atoms with Gasteiger partial charge in [0.15, 0.2) is 0 Å². The van der Waals surface area contributed by atoms with Gasteiger partial charge in [-0.15, -0.1) is 0 Å². The van der Waals surface area contributed by atoms with Crippen LogP contribution < -0.4 is 10.6 Å². The molecule has 0 radical (unpaired) electrons. The molecule has 2 aliphatic heterocycles. The SMILES string of the molecule is c1ccc(C2CC2NC2COC3(CCNCC3)C2)cc1. The van der Waals surface area contributed by atoms with Crippen molar-refractivity contribution in [3.8, 4) is 0 Å². The summed E-state index contributed by atoms with van der Waals surface area (Å²) in [6, 6.07) is 12.1. The fourth-order valence-electron chi connectivity index (χ4n) is 3.93. The van der Waals surface area contributed by atoms with Gasteiger partial charge in [0.05, 0.1) is 12.2 Å². The molecule has 3 aliphatic rings. The molecule has 0 aromatic heterocycles. The van der Waals surface area contributed by atoms with Crippen LogP contribution in [0.4, 0.5) is 0 Å². The standard InChI is InChI=1S/C17H24N2O/c1-2-4-13(5-3-1)15-10-16(15)19-14-11-17(20-12-14)6-8-18-9-7-17/h1-5,14-16,18-19H,6-12H2. The molecule has 1 aromatic rings. The summed E-state index contributed by atoms with van der Waals surface area (Å²) < 4.78 is 6.16. The molecule has 1 aliphatic carbocycles. The summed E-state index contributed by atoms with van der Waals surface area (Å²) in [6.45, 7) is 3.13. The topological polar surface area (TPSA) is 33.3 Å². The lowest BCUT2D eigenvalue weighted by atomic mass is 9.88. The van der Waals surface area contributed by atoms with Gasteiger partial charge in [-0.1, -0.05) is 30.3 Å². The van der Waals surface area contributed by atoms with E-state index < -0.39 is 0 Å². The van der Waals surface area contributed by atoms with Crippen molar-refractivity contribution in [3.63, 3.8) is 0 Å². The molecular formula is C17H24N2O. The van der Waals surface area contributed by atoms with Crippen molar-refractivity contribution in [1.29, 1.82) is 0 Å². The van der Waals surface area contributed by atoms with Gasteiger partial charge in [-0.2, -0.15) is 0 Å². The number of rotatable bonds is 3. The van der Waals surface area contributed by atoms with Crippen molar-refractivity contribution in [2.45, 2.75) is 49.3 Å². The third-order valence-corrected chi connectivity index (χ3v) is 5.19. The van der Waals surface area contributed by atoms with E-state index in [1.54, 1.807) is 0 Å². The molecule has 2 N–H and O–H groups in total. The van der Waals surface area contributed by atoms with Gasteiger partial charge < -0.3 is 15.4 Å². The van der Waals surface area contributed by atoms with Crippen LogP contribution in [-0.2, 0) is 4.74 Å². The van der Waals surface area contributed by atoms with E-state index in [1.807, 2.05) is 0 Å². The number of hydrogen-bond acceptors (Lipinski definition) is 3. The van der Waals surface area contributed by atoms with Crippen LogP contribution in [0.3, 0.4) is 0 Å². The Morgan fingerprint density at radius 3 is 2.75 bits per heavy atom. The first-order valence-corrected chi connectivity index (χ1v) is 8.00. The van der Waals surface area contributed by atoms with E-state index in [-0.39, 0.29) is 5.60 Å². The quantitative estimate of drug-likeness (QED) is 0.883. The minimum Gasteiger partial charge on any atom is -0.373 e. The Bertz CT molecular complexity index is 455. The van der Waals surface area contributed by atoms with Crippen LogP contribution in [0.25, 0.3) is 0 Å². The highest BCUT2D eigenvalue weighted by atomic mass is 16.5. The molecular weight excluding hydrogens is 248 g/mol. The normalized spacial score (nSPS) is 35.3. The Kier molecular flexibility index (Phi) is 3.29. The minimum atomic E-state index is 0.181. The molecule has 1 saturated carbocycles. The Balaban J connectivity index is 1.31. The molecule has 3 nitrogen and oxygen atoms in total. The molecule has 108 valence electrons. The van der Waals surface area contributed by atoms with Crippen LogP contribution >= 0.6 is 0 Å². The zero-order valence-corrected chi connectivity index (χ0v) is 12.0. The van der Waals surface area contributed by atoms with Crippen LogP contribution in [0.15, 0.2) is 30.3 Å². The average molecular weight is 272 g/mol. The van der Waals surface area contributed by atoms with Gasteiger partial charge in [-0.05, 0) is 44.3 Å². The lowest BCUT2D eigenvalue weighted by Crippen LogP contribution is -2.42. The second-order valence-electron chi connectivity index (χ2n) is 6.67. The van der Waals surface area contributed by atoms with Gasteiger partial charge in [0.2, 0.25) is 0 Å². The molecule has 2 heterocycles. The summed E-state index contributed by atoms with van der Waals surface area (Å²) in [5.74, 6) is 0.723. The molecule has 3 heteroatoms. The van der Waals surface area contributed by atoms with Gasteiger partial charge in [0.25, 0.3) is 0 Å². The Labute approximate surface area is 121 Å². The number of benzene rings is 1. The third-order valence-electron chi connectivity index (χ3n) is 5.19. The van der Waals surface area contributed by atoms with Crippen LogP contribution in [0.2, 0.25) is 0 Å². The fourth-order valence-corrected chi connectivity index (χ4v) is 3.93. The molecule has 1 spiro atoms. The number of ether oxygens (including phenoxy) is 1. The monoisotopic (exact) mass is 272 g/mol. The smallest absolute Gasteiger partial charge is 0.0723 e. The number of piperidine rings is 1. The van der Waals surface area contributed by atoms with Crippen molar-refractivity contribution < 1.29 is 4.74 Å². The van der Waals surface area contributed by atoms with E-state index in [0.29, 0.717) is 12.1 Å². The lowest BCUT2D eigenvalue weighted by molar-refractivity contribution is -0.0194. The van der Waals surface area contributed by atoms with Crippen LogP contribution in [0.1, 0.15) is 37.2 Å². The fraction of sp³-hybridized carbons (Fsp3) is 0.647. The maximum Gasteiger partial charge on any atom is 0.0723 e. The molecule has 3 unspecified atom stereocenters. The van der Waals surface area contributed by atoms with Crippen LogP contribution in [0.5, 0.6) is 0 Å². The Hall–Kier alpha value is -0.900. The Morgan fingerprint density at radius 1 is 1.15 bits per heavy atom. The van der Waals surface area contributed by atoms with Crippen molar-refractivity contribution in [3.05, 3.63) is 35.9 Å². The summed E-state index contributed by atoms with van der Waals surface area (Å²) in [5, 5.41) is 7.26. The second-order valence-corrected chi connectivity index (χ2v) is 6.67. The first-order valence-electron chi connectivity index (χ1n) is 8.00. The van der Waals surface area contributed by atoms with Crippen molar-refractivity contribution in [2.24, 2.45) is 0 Å². The van der Waals surface area contributed by atoms with Crippen molar-refractivity contribution >= 4 is 0 Å². The highest BCUT2D eigenvalue weighted by Crippen LogP contribution is 2.42. The van der Waals surface area contributed by atoms with Gasteiger partial charge in [-0.25, -0.2) is 0 Å². The number of nitrogens with one attached hydrogen (secondary N) is 2. The van der Waals surface area contributed by atoms with E-state index in [9.17, 15) is 0 Å². The summed E-state index contributed by atoms with van der Waals surface area (Å²) >= 11 is 0. The third kappa shape index (κ3) is 2.50. The molecule has 1 aromatic carbocycles. The summed E-state index contributed by atoms with van der Waals surface area (Å²) in [5.41, 5.74) is 1.67. The molecule has 20 heavy (non-hydrogen) atoms. The molecule has 3 atom stereocenters. The molecule has 3 fully saturated rings. The van der Waals surface area contributed by atoms with Crippen LogP contribution in [-0.4, -0.2) is 37.4 Å². The second kappa shape index (κ2) is 5.14. The van der Waals surface area contributed by atoms with Crippen LogP contribution in [0, 0.1) is 0 Å². The molecule has 4 rings (SSSR count).